The molecule has 100 valence electrons. The van der Waals surface area contributed by atoms with Gasteiger partial charge in [0, 0.05) is 25.1 Å². The van der Waals surface area contributed by atoms with Crippen LogP contribution in [0, 0.1) is 0 Å². The van der Waals surface area contributed by atoms with Crippen LogP contribution in [0.2, 0.25) is 0 Å². The smallest absolute Gasteiger partial charge is 0.272 e. The molecule has 0 radical (unpaired) electrons. The van der Waals surface area contributed by atoms with E-state index in [1.165, 1.54) is 0 Å². The average molecular weight is 266 g/mol. The first kappa shape index (κ1) is 12.2. The SMILES string of the molecule is O=C(NCc1cc[nH]c1)c1ccn(-c2ccccc2)n1. The van der Waals surface area contributed by atoms with Crippen LogP contribution in [0.15, 0.2) is 61.1 Å². The van der Waals surface area contributed by atoms with E-state index in [0.717, 1.165) is 11.3 Å². The Bertz CT molecular complexity index is 686. The fraction of sp³-hybridized carbons (Fsp3) is 0.0667. The zero-order valence-electron chi connectivity index (χ0n) is 10.8. The predicted molar refractivity (Wildman–Crippen MR) is 75.5 cm³/mol. The molecule has 2 heterocycles. The molecule has 3 aromatic rings. The summed E-state index contributed by atoms with van der Waals surface area (Å²) in [6.07, 6.45) is 5.45. The Hall–Kier alpha value is -2.82. The minimum Gasteiger partial charge on any atom is -0.367 e. The molecule has 2 N–H and O–H groups in total. The van der Waals surface area contributed by atoms with Crippen LogP contribution in [0.1, 0.15) is 16.1 Å². The zero-order chi connectivity index (χ0) is 13.8. The van der Waals surface area contributed by atoms with Gasteiger partial charge < -0.3 is 10.3 Å². The predicted octanol–water partition coefficient (Wildman–Crippen LogP) is 2.13. The van der Waals surface area contributed by atoms with Crippen molar-refractivity contribution in [1.29, 1.82) is 0 Å². The van der Waals surface area contributed by atoms with Gasteiger partial charge >= 0.3 is 0 Å². The molecular weight excluding hydrogens is 252 g/mol. The summed E-state index contributed by atoms with van der Waals surface area (Å²) in [5.41, 5.74) is 2.36. The Kier molecular flexibility index (Phi) is 3.33. The van der Waals surface area contributed by atoms with Crippen LogP contribution >= 0.6 is 0 Å². The van der Waals surface area contributed by atoms with E-state index >= 15 is 0 Å². The van der Waals surface area contributed by atoms with E-state index in [0.29, 0.717) is 12.2 Å². The van der Waals surface area contributed by atoms with Crippen molar-refractivity contribution in [3.05, 3.63) is 72.3 Å². The van der Waals surface area contributed by atoms with Gasteiger partial charge in [-0.05, 0) is 29.8 Å². The monoisotopic (exact) mass is 266 g/mol. The second kappa shape index (κ2) is 5.44. The van der Waals surface area contributed by atoms with E-state index < -0.39 is 0 Å². The normalized spacial score (nSPS) is 10.4. The highest BCUT2D eigenvalue weighted by Crippen LogP contribution is 2.07. The van der Waals surface area contributed by atoms with E-state index in [-0.39, 0.29) is 5.91 Å². The third kappa shape index (κ3) is 2.61. The van der Waals surface area contributed by atoms with Gasteiger partial charge in [0.1, 0.15) is 0 Å². The number of para-hydroxylation sites is 1. The summed E-state index contributed by atoms with van der Waals surface area (Å²) in [7, 11) is 0. The van der Waals surface area contributed by atoms with Crippen molar-refractivity contribution in [2.24, 2.45) is 0 Å². The van der Waals surface area contributed by atoms with Crippen LogP contribution in [0.5, 0.6) is 0 Å². The summed E-state index contributed by atoms with van der Waals surface area (Å²) >= 11 is 0. The third-order valence-corrected chi connectivity index (χ3v) is 2.96. The van der Waals surface area contributed by atoms with Crippen molar-refractivity contribution < 1.29 is 4.79 Å². The number of hydrogen-bond donors (Lipinski definition) is 2. The van der Waals surface area contributed by atoms with Crippen molar-refractivity contribution in [2.45, 2.75) is 6.54 Å². The van der Waals surface area contributed by atoms with Gasteiger partial charge in [0.2, 0.25) is 0 Å². The third-order valence-electron chi connectivity index (χ3n) is 2.96. The number of amides is 1. The standard InChI is InChI=1S/C15H14N4O/c20-15(17-11-12-6-8-16-10-12)14-7-9-19(18-14)13-4-2-1-3-5-13/h1-10,16H,11H2,(H,17,20). The number of carbonyl (C=O) groups is 1. The molecule has 5 heteroatoms. The molecule has 2 aromatic heterocycles. The highest BCUT2D eigenvalue weighted by atomic mass is 16.1. The van der Waals surface area contributed by atoms with Gasteiger partial charge in [-0.3, -0.25) is 4.79 Å². The second-order valence-corrected chi connectivity index (χ2v) is 4.38. The van der Waals surface area contributed by atoms with Gasteiger partial charge in [-0.15, -0.1) is 0 Å². The van der Waals surface area contributed by atoms with E-state index in [1.54, 1.807) is 16.9 Å². The Labute approximate surface area is 116 Å². The molecule has 1 amide bonds. The molecule has 0 aliphatic rings. The summed E-state index contributed by atoms with van der Waals surface area (Å²) < 4.78 is 1.69. The van der Waals surface area contributed by atoms with Gasteiger partial charge in [0.25, 0.3) is 5.91 Å². The Morgan fingerprint density at radius 2 is 2.05 bits per heavy atom. The summed E-state index contributed by atoms with van der Waals surface area (Å²) in [4.78, 5) is 14.9. The van der Waals surface area contributed by atoms with E-state index in [9.17, 15) is 4.79 Å². The molecule has 0 fully saturated rings. The first-order valence-electron chi connectivity index (χ1n) is 6.34. The molecule has 0 spiro atoms. The van der Waals surface area contributed by atoms with Crippen LogP contribution < -0.4 is 5.32 Å². The lowest BCUT2D eigenvalue weighted by Crippen LogP contribution is -2.23. The van der Waals surface area contributed by atoms with Gasteiger partial charge in [-0.2, -0.15) is 5.10 Å². The number of H-pyrrole nitrogens is 1. The van der Waals surface area contributed by atoms with Gasteiger partial charge in [0.15, 0.2) is 5.69 Å². The molecule has 1 aromatic carbocycles. The number of nitrogens with zero attached hydrogens (tertiary/aromatic N) is 2. The van der Waals surface area contributed by atoms with Crippen LogP contribution in [0.3, 0.4) is 0 Å². The second-order valence-electron chi connectivity index (χ2n) is 4.38. The maximum absolute atomic E-state index is 12.0. The number of hydrogen-bond acceptors (Lipinski definition) is 2. The maximum atomic E-state index is 12.0. The lowest BCUT2D eigenvalue weighted by atomic mass is 10.3. The Morgan fingerprint density at radius 3 is 2.80 bits per heavy atom. The van der Waals surface area contributed by atoms with E-state index in [4.69, 9.17) is 0 Å². The molecule has 3 rings (SSSR count). The molecule has 0 aliphatic carbocycles. The van der Waals surface area contributed by atoms with Gasteiger partial charge in [-0.1, -0.05) is 18.2 Å². The Morgan fingerprint density at radius 1 is 1.20 bits per heavy atom. The largest absolute Gasteiger partial charge is 0.367 e. The number of aromatic nitrogens is 3. The van der Waals surface area contributed by atoms with E-state index in [1.807, 2.05) is 48.8 Å². The zero-order valence-corrected chi connectivity index (χ0v) is 10.8. The van der Waals surface area contributed by atoms with Crippen LogP contribution in [0.4, 0.5) is 0 Å². The molecule has 0 atom stereocenters. The van der Waals surface area contributed by atoms with Crippen molar-refractivity contribution in [3.8, 4) is 5.69 Å². The van der Waals surface area contributed by atoms with Crippen molar-refractivity contribution in [3.63, 3.8) is 0 Å². The highest BCUT2D eigenvalue weighted by molar-refractivity contribution is 5.92. The maximum Gasteiger partial charge on any atom is 0.272 e. The highest BCUT2D eigenvalue weighted by Gasteiger charge is 2.09. The summed E-state index contributed by atoms with van der Waals surface area (Å²) in [6.45, 7) is 0.487. The number of aromatic amines is 1. The fourth-order valence-electron chi connectivity index (χ4n) is 1.91. The van der Waals surface area contributed by atoms with Crippen molar-refractivity contribution >= 4 is 5.91 Å². The molecular formula is C15H14N4O. The summed E-state index contributed by atoms with van der Waals surface area (Å²) in [6, 6.07) is 13.3. The summed E-state index contributed by atoms with van der Waals surface area (Å²) in [5, 5.41) is 7.11. The van der Waals surface area contributed by atoms with Crippen molar-refractivity contribution in [1.82, 2.24) is 20.1 Å². The van der Waals surface area contributed by atoms with Crippen molar-refractivity contribution in [2.75, 3.05) is 0 Å². The average Bonchev–Trinajstić information content (AvgIpc) is 3.17. The quantitative estimate of drug-likeness (QED) is 0.760. The van der Waals surface area contributed by atoms with Crippen LogP contribution in [-0.2, 0) is 6.54 Å². The van der Waals surface area contributed by atoms with Crippen LogP contribution in [0.25, 0.3) is 5.69 Å². The van der Waals surface area contributed by atoms with Gasteiger partial charge in [0.05, 0.1) is 5.69 Å². The number of rotatable bonds is 4. The lowest BCUT2D eigenvalue weighted by molar-refractivity contribution is 0.0945. The summed E-state index contributed by atoms with van der Waals surface area (Å²) in [5.74, 6) is -0.180. The molecule has 0 saturated carbocycles. The molecule has 0 unspecified atom stereocenters. The number of carbonyl (C=O) groups excluding carboxylic acids is 1. The van der Waals surface area contributed by atoms with Gasteiger partial charge in [-0.25, -0.2) is 4.68 Å². The number of benzene rings is 1. The van der Waals surface area contributed by atoms with Crippen LogP contribution in [-0.4, -0.2) is 20.7 Å². The first-order chi connectivity index (χ1) is 9.83. The minimum absolute atomic E-state index is 0.180. The minimum atomic E-state index is -0.180. The Balaban J connectivity index is 1.69. The topological polar surface area (TPSA) is 62.7 Å². The lowest BCUT2D eigenvalue weighted by Gasteiger charge is -2.01. The van der Waals surface area contributed by atoms with E-state index in [2.05, 4.69) is 15.4 Å². The molecule has 0 bridgehead atoms. The molecule has 5 nitrogen and oxygen atoms in total. The fourth-order valence-corrected chi connectivity index (χ4v) is 1.91. The molecule has 0 saturated heterocycles. The first-order valence-corrected chi connectivity index (χ1v) is 6.34. The molecule has 20 heavy (non-hydrogen) atoms. The molecule has 0 aliphatic heterocycles. The number of nitrogens with one attached hydrogen (secondary N) is 2.